The summed E-state index contributed by atoms with van der Waals surface area (Å²) in [6.45, 7) is 6.03. The molecule has 0 saturated heterocycles. The van der Waals surface area contributed by atoms with E-state index in [9.17, 15) is 18.0 Å². The van der Waals surface area contributed by atoms with E-state index < -0.39 is 18.5 Å². The maximum absolute atomic E-state index is 12.1. The summed E-state index contributed by atoms with van der Waals surface area (Å²) in [6.07, 6.45) is -1.64. The van der Waals surface area contributed by atoms with Gasteiger partial charge in [-0.05, 0) is 12.5 Å². The molecule has 1 atom stereocenters. The maximum atomic E-state index is 12.1. The molecule has 1 aromatic heterocycles. The highest BCUT2D eigenvalue weighted by atomic mass is 19.4. The number of amides is 2. The molecule has 6 nitrogen and oxygen atoms in total. The maximum Gasteiger partial charge on any atom is 0.523 e. The Balaban J connectivity index is 1.92. The van der Waals surface area contributed by atoms with Gasteiger partial charge in [-0.1, -0.05) is 32.9 Å². The fourth-order valence-corrected chi connectivity index (χ4v) is 2.18. The zero-order valence-corrected chi connectivity index (χ0v) is 14.4. The van der Waals surface area contributed by atoms with Crippen molar-refractivity contribution in [2.75, 3.05) is 5.32 Å². The van der Waals surface area contributed by atoms with E-state index in [1.807, 2.05) is 20.8 Å². The topological polar surface area (TPSA) is 68.2 Å². The molecule has 0 radical (unpaired) electrons. The van der Waals surface area contributed by atoms with E-state index in [1.54, 1.807) is 17.8 Å². The number of nitrogens with one attached hydrogen (secondary N) is 2. The molecule has 1 aliphatic carbocycles. The van der Waals surface area contributed by atoms with Crippen molar-refractivity contribution < 1.29 is 22.7 Å². The van der Waals surface area contributed by atoms with Crippen molar-refractivity contribution in [1.82, 2.24) is 15.1 Å². The van der Waals surface area contributed by atoms with Crippen molar-refractivity contribution in [3.63, 3.8) is 0 Å². The Morgan fingerprint density at radius 3 is 2.48 bits per heavy atom. The van der Waals surface area contributed by atoms with E-state index in [0.717, 1.165) is 5.69 Å². The van der Waals surface area contributed by atoms with E-state index in [1.165, 1.54) is 18.2 Å². The number of allylic oxidation sites excluding steroid dienone is 1. The molecule has 2 rings (SSSR count). The minimum absolute atomic E-state index is 0.0194. The lowest BCUT2D eigenvalue weighted by Gasteiger charge is -2.18. The van der Waals surface area contributed by atoms with Crippen LogP contribution in [0.3, 0.4) is 0 Å². The van der Waals surface area contributed by atoms with Gasteiger partial charge in [-0.25, -0.2) is 4.79 Å². The Kier molecular flexibility index (Phi) is 5.26. The van der Waals surface area contributed by atoms with Crippen LogP contribution in [-0.4, -0.2) is 28.3 Å². The zero-order chi connectivity index (χ0) is 18.8. The molecule has 0 fully saturated rings. The molecule has 0 spiro atoms. The highest BCUT2D eigenvalue weighted by Crippen LogP contribution is 2.24. The third-order valence-corrected chi connectivity index (χ3v) is 3.49. The van der Waals surface area contributed by atoms with Crippen LogP contribution in [0.4, 0.5) is 23.8 Å². The monoisotopic (exact) mass is 358 g/mol. The van der Waals surface area contributed by atoms with Crippen LogP contribution in [0.1, 0.15) is 32.9 Å². The predicted octanol–water partition coefficient (Wildman–Crippen LogP) is 3.59. The van der Waals surface area contributed by atoms with Gasteiger partial charge in [0.1, 0.15) is 5.82 Å². The molecule has 0 aromatic carbocycles. The van der Waals surface area contributed by atoms with Crippen LogP contribution in [0, 0.1) is 0 Å². The summed E-state index contributed by atoms with van der Waals surface area (Å²) in [7, 11) is 1.71. The van der Waals surface area contributed by atoms with E-state index >= 15 is 0 Å². The second-order valence-corrected chi connectivity index (χ2v) is 6.72. The Morgan fingerprint density at radius 1 is 1.32 bits per heavy atom. The first-order valence-corrected chi connectivity index (χ1v) is 7.69. The van der Waals surface area contributed by atoms with Crippen molar-refractivity contribution in [2.45, 2.75) is 45.1 Å². The number of ether oxygens (including phenoxy) is 1. The number of aryl methyl sites for hydroxylation is 1. The van der Waals surface area contributed by atoms with Crippen LogP contribution in [0.15, 0.2) is 30.0 Å². The molecule has 1 aromatic rings. The smallest absolute Gasteiger partial charge is 0.308 e. The molecule has 0 aliphatic heterocycles. The SMILES string of the molecule is Cn1nc(C(C)(C)C)cc1NC(=O)NC1=CCC(OC(F)(F)F)C=C1. The largest absolute Gasteiger partial charge is 0.523 e. The molecule has 1 unspecified atom stereocenters. The summed E-state index contributed by atoms with van der Waals surface area (Å²) >= 11 is 0. The lowest BCUT2D eigenvalue weighted by Crippen LogP contribution is -2.30. The summed E-state index contributed by atoms with van der Waals surface area (Å²) in [6, 6.07) is 1.27. The van der Waals surface area contributed by atoms with Crippen LogP contribution in [0.5, 0.6) is 0 Å². The van der Waals surface area contributed by atoms with Gasteiger partial charge in [0.05, 0.1) is 11.8 Å². The Hall–Kier alpha value is -2.29. The fraction of sp³-hybridized carbons (Fsp3) is 0.500. The summed E-state index contributed by atoms with van der Waals surface area (Å²) in [5, 5.41) is 9.58. The number of nitrogens with zero attached hydrogens (tertiary/aromatic N) is 2. The van der Waals surface area contributed by atoms with E-state index in [2.05, 4.69) is 20.5 Å². The Morgan fingerprint density at radius 2 is 2.00 bits per heavy atom. The predicted molar refractivity (Wildman–Crippen MR) is 86.8 cm³/mol. The number of aromatic nitrogens is 2. The third-order valence-electron chi connectivity index (χ3n) is 3.49. The molecule has 25 heavy (non-hydrogen) atoms. The average molecular weight is 358 g/mol. The molecule has 2 amide bonds. The van der Waals surface area contributed by atoms with Crippen molar-refractivity contribution in [2.24, 2.45) is 7.05 Å². The number of halogens is 3. The summed E-state index contributed by atoms with van der Waals surface area (Å²) in [4.78, 5) is 12.1. The van der Waals surface area contributed by atoms with Gasteiger partial charge in [0.2, 0.25) is 0 Å². The number of carbonyl (C=O) groups is 1. The van der Waals surface area contributed by atoms with E-state index in [-0.39, 0.29) is 11.8 Å². The minimum atomic E-state index is -4.69. The van der Waals surface area contributed by atoms with Gasteiger partial charge < -0.3 is 5.32 Å². The fourth-order valence-electron chi connectivity index (χ4n) is 2.18. The van der Waals surface area contributed by atoms with Gasteiger partial charge in [0.25, 0.3) is 0 Å². The van der Waals surface area contributed by atoms with E-state index in [4.69, 9.17) is 0 Å². The molecule has 1 heterocycles. The van der Waals surface area contributed by atoms with Crippen LogP contribution in [0.25, 0.3) is 0 Å². The summed E-state index contributed by atoms with van der Waals surface area (Å²) in [5.41, 5.74) is 1.07. The molecule has 0 saturated carbocycles. The Labute approximate surface area is 143 Å². The van der Waals surface area contributed by atoms with Crippen molar-refractivity contribution >= 4 is 11.8 Å². The molecule has 2 N–H and O–H groups in total. The van der Waals surface area contributed by atoms with Crippen LogP contribution in [0.2, 0.25) is 0 Å². The number of hydrogen-bond acceptors (Lipinski definition) is 3. The van der Waals surface area contributed by atoms with Gasteiger partial charge in [-0.3, -0.25) is 14.7 Å². The zero-order valence-electron chi connectivity index (χ0n) is 14.4. The molecular formula is C16H21F3N4O2. The standard InChI is InChI=1S/C16H21F3N4O2/c1-15(2,3)12-9-13(23(4)22-12)21-14(24)20-10-5-7-11(8-6-10)25-16(17,18)19/h5-7,9,11H,8H2,1-4H3,(H2,20,21,24). The highest BCUT2D eigenvalue weighted by molar-refractivity contribution is 5.90. The van der Waals surface area contributed by atoms with Crippen LogP contribution >= 0.6 is 0 Å². The second kappa shape index (κ2) is 6.91. The summed E-state index contributed by atoms with van der Waals surface area (Å²) in [5.74, 6) is 0.515. The number of anilines is 1. The Bertz CT molecular complexity index is 699. The lowest BCUT2D eigenvalue weighted by molar-refractivity contribution is -0.336. The van der Waals surface area contributed by atoms with Gasteiger partial charge in [-0.15, -0.1) is 13.2 Å². The van der Waals surface area contributed by atoms with E-state index in [0.29, 0.717) is 11.5 Å². The molecule has 0 bridgehead atoms. The first kappa shape index (κ1) is 19.0. The van der Waals surface area contributed by atoms with Gasteiger partial charge in [0.15, 0.2) is 0 Å². The van der Waals surface area contributed by atoms with Gasteiger partial charge in [-0.2, -0.15) is 5.10 Å². The number of hydrogen-bond donors (Lipinski definition) is 2. The molecule has 138 valence electrons. The normalized spacial score (nSPS) is 18.0. The van der Waals surface area contributed by atoms with Crippen molar-refractivity contribution in [3.05, 3.63) is 35.7 Å². The minimum Gasteiger partial charge on any atom is -0.308 e. The highest BCUT2D eigenvalue weighted by Gasteiger charge is 2.32. The second-order valence-electron chi connectivity index (χ2n) is 6.72. The van der Waals surface area contributed by atoms with Crippen molar-refractivity contribution in [3.8, 4) is 0 Å². The third kappa shape index (κ3) is 5.63. The number of carbonyl (C=O) groups excluding carboxylic acids is 1. The van der Waals surface area contributed by atoms with Gasteiger partial charge in [0, 0.05) is 24.2 Å². The number of alkyl halides is 3. The molecular weight excluding hydrogens is 337 g/mol. The lowest BCUT2D eigenvalue weighted by atomic mass is 9.92. The van der Waals surface area contributed by atoms with Gasteiger partial charge >= 0.3 is 12.4 Å². The molecule has 9 heteroatoms. The summed E-state index contributed by atoms with van der Waals surface area (Å²) < 4.78 is 41.9. The first-order chi connectivity index (χ1) is 11.4. The quantitative estimate of drug-likeness (QED) is 0.868. The van der Waals surface area contributed by atoms with Crippen LogP contribution < -0.4 is 10.6 Å². The number of rotatable bonds is 3. The first-order valence-electron chi connectivity index (χ1n) is 7.69. The van der Waals surface area contributed by atoms with Crippen LogP contribution in [-0.2, 0) is 17.2 Å². The number of urea groups is 1. The van der Waals surface area contributed by atoms with Crippen molar-refractivity contribution in [1.29, 1.82) is 0 Å². The average Bonchev–Trinajstić information content (AvgIpc) is 2.81. The molecule has 1 aliphatic rings.